The number of nitrogens with one attached hydrogen (secondary N) is 1. The van der Waals surface area contributed by atoms with Gasteiger partial charge in [-0.1, -0.05) is 0 Å². The van der Waals surface area contributed by atoms with Crippen LogP contribution >= 0.6 is 0 Å². The first kappa shape index (κ1) is 13.2. The van der Waals surface area contributed by atoms with Gasteiger partial charge in [-0.2, -0.15) is 5.10 Å². The zero-order chi connectivity index (χ0) is 14.8. The Kier molecular flexibility index (Phi) is 3.31. The molecule has 106 valence electrons. The van der Waals surface area contributed by atoms with E-state index in [4.69, 9.17) is 0 Å². The summed E-state index contributed by atoms with van der Waals surface area (Å²) < 4.78 is 15.0. The second-order valence-electron chi connectivity index (χ2n) is 4.53. The summed E-state index contributed by atoms with van der Waals surface area (Å²) in [5.41, 5.74) is 5.71. The molecule has 3 aromatic rings. The molecule has 0 atom stereocenters. The summed E-state index contributed by atoms with van der Waals surface area (Å²) in [4.78, 5) is 12.3. The first-order valence-electron chi connectivity index (χ1n) is 6.34. The molecule has 0 saturated heterocycles. The summed E-state index contributed by atoms with van der Waals surface area (Å²) in [7, 11) is 1.84. The normalized spacial score (nSPS) is 11.9. The van der Waals surface area contributed by atoms with Gasteiger partial charge in [0.15, 0.2) is 0 Å². The molecule has 1 N–H and O–H groups in total. The average Bonchev–Trinajstić information content (AvgIpc) is 2.81. The molecule has 6 nitrogen and oxygen atoms in total. The lowest BCUT2D eigenvalue weighted by molar-refractivity contribution is 0.629. The summed E-state index contributed by atoms with van der Waals surface area (Å²) in [6.45, 7) is 1.83. The second-order valence-corrected chi connectivity index (χ2v) is 4.53. The van der Waals surface area contributed by atoms with E-state index in [1.54, 1.807) is 18.3 Å². The van der Waals surface area contributed by atoms with E-state index in [0.29, 0.717) is 17.2 Å². The molecule has 2 heterocycles. The van der Waals surface area contributed by atoms with Gasteiger partial charge in [0.25, 0.3) is 0 Å². The maximum absolute atomic E-state index is 13.2. The zero-order valence-electron chi connectivity index (χ0n) is 11.6. The largest absolute Gasteiger partial charge is 0.312 e. The van der Waals surface area contributed by atoms with Gasteiger partial charge in [0.2, 0.25) is 5.95 Å². The van der Waals surface area contributed by atoms with Crippen LogP contribution in [0.15, 0.2) is 41.9 Å². The summed E-state index contributed by atoms with van der Waals surface area (Å²) in [6.07, 6.45) is 3.12. The Morgan fingerprint density at radius 2 is 2.19 bits per heavy atom. The lowest BCUT2D eigenvalue weighted by atomic mass is 10.3. The molecular weight excluding hydrogens is 271 g/mol. The van der Waals surface area contributed by atoms with Crippen molar-refractivity contribution in [3.8, 4) is 0 Å². The molecule has 1 aromatic carbocycles. The van der Waals surface area contributed by atoms with E-state index >= 15 is 0 Å². The van der Waals surface area contributed by atoms with E-state index in [-0.39, 0.29) is 5.82 Å². The molecule has 0 bridgehead atoms. The van der Waals surface area contributed by atoms with Crippen LogP contribution in [-0.2, 0) is 7.05 Å². The number of anilines is 1. The van der Waals surface area contributed by atoms with Crippen molar-refractivity contribution < 1.29 is 4.39 Å². The zero-order valence-corrected chi connectivity index (χ0v) is 11.6. The molecule has 0 amide bonds. The van der Waals surface area contributed by atoms with Crippen LogP contribution in [0.5, 0.6) is 0 Å². The number of nitrogens with zero attached hydrogens (tertiary/aromatic N) is 5. The van der Waals surface area contributed by atoms with Crippen molar-refractivity contribution >= 4 is 22.7 Å². The van der Waals surface area contributed by atoms with Crippen molar-refractivity contribution in [3.05, 3.63) is 48.3 Å². The van der Waals surface area contributed by atoms with E-state index in [1.807, 2.05) is 18.5 Å². The maximum Gasteiger partial charge on any atom is 0.224 e. The van der Waals surface area contributed by atoms with Crippen LogP contribution in [0.1, 0.15) is 12.6 Å². The highest BCUT2D eigenvalue weighted by molar-refractivity contribution is 5.97. The fourth-order valence-corrected chi connectivity index (χ4v) is 1.97. The summed E-state index contributed by atoms with van der Waals surface area (Å²) in [5.74, 6) is 0.219. The van der Waals surface area contributed by atoms with Crippen molar-refractivity contribution in [1.29, 1.82) is 0 Å². The summed E-state index contributed by atoms with van der Waals surface area (Å²) >= 11 is 0. The number of fused-ring (bicyclic) bond motifs is 1. The highest BCUT2D eigenvalue weighted by Crippen LogP contribution is 2.19. The smallest absolute Gasteiger partial charge is 0.224 e. The Morgan fingerprint density at radius 1 is 1.33 bits per heavy atom. The molecule has 0 saturated carbocycles. The lowest BCUT2D eigenvalue weighted by Crippen LogP contribution is -2.05. The van der Waals surface area contributed by atoms with Crippen molar-refractivity contribution in [2.45, 2.75) is 6.92 Å². The molecule has 0 unspecified atom stereocenters. The maximum atomic E-state index is 13.2. The molecule has 7 heteroatoms. The van der Waals surface area contributed by atoms with Crippen LogP contribution in [0.4, 0.5) is 10.3 Å². The third kappa shape index (κ3) is 2.58. The molecule has 0 radical (unpaired) electrons. The number of aromatic nitrogens is 4. The fraction of sp³-hybridized carbons (Fsp3) is 0.143. The average molecular weight is 284 g/mol. The third-order valence-corrected chi connectivity index (χ3v) is 3.12. The van der Waals surface area contributed by atoms with Gasteiger partial charge in [-0.15, -0.1) is 0 Å². The molecule has 0 aliphatic carbocycles. The minimum atomic E-state index is -0.312. The minimum Gasteiger partial charge on any atom is -0.312 e. The van der Waals surface area contributed by atoms with Gasteiger partial charge in [-0.05, 0) is 25.1 Å². The van der Waals surface area contributed by atoms with Gasteiger partial charge < -0.3 is 4.57 Å². The minimum absolute atomic E-state index is 0.312. The molecule has 2 aromatic heterocycles. The number of aryl methyl sites for hydroxylation is 1. The molecule has 0 aliphatic heterocycles. The molecule has 3 rings (SSSR count). The van der Waals surface area contributed by atoms with Crippen LogP contribution in [0.25, 0.3) is 11.0 Å². The second kappa shape index (κ2) is 5.28. The van der Waals surface area contributed by atoms with Crippen LogP contribution in [-0.4, -0.2) is 25.2 Å². The van der Waals surface area contributed by atoms with Crippen molar-refractivity contribution in [1.82, 2.24) is 19.5 Å². The Morgan fingerprint density at radius 3 is 2.95 bits per heavy atom. The highest BCUT2D eigenvalue weighted by atomic mass is 19.1. The van der Waals surface area contributed by atoms with Crippen molar-refractivity contribution in [2.75, 3.05) is 5.43 Å². The van der Waals surface area contributed by atoms with E-state index in [9.17, 15) is 4.39 Å². The van der Waals surface area contributed by atoms with E-state index in [0.717, 1.165) is 11.2 Å². The standard InChI is InChI=1S/C14H13FN6/c1-9(11-5-6-16-8-17-11)19-20-14-18-12-7-10(15)3-4-13(12)21(14)2/h3-8H,1-2H3,(H,18,20)/b19-9+. The van der Waals surface area contributed by atoms with Crippen molar-refractivity contribution in [2.24, 2.45) is 12.1 Å². The third-order valence-electron chi connectivity index (χ3n) is 3.12. The quantitative estimate of drug-likeness (QED) is 0.592. The number of rotatable bonds is 3. The number of halogens is 1. The Labute approximate surface area is 120 Å². The van der Waals surface area contributed by atoms with E-state index in [2.05, 4.69) is 25.5 Å². The van der Waals surface area contributed by atoms with E-state index in [1.165, 1.54) is 18.5 Å². The number of hydrogen-bond donors (Lipinski definition) is 1. The molecule has 0 spiro atoms. The van der Waals surface area contributed by atoms with Crippen LogP contribution in [0.2, 0.25) is 0 Å². The van der Waals surface area contributed by atoms with Crippen molar-refractivity contribution in [3.63, 3.8) is 0 Å². The van der Waals surface area contributed by atoms with Crippen LogP contribution < -0.4 is 5.43 Å². The number of benzene rings is 1. The molecule has 0 fully saturated rings. The highest BCUT2D eigenvalue weighted by Gasteiger charge is 2.08. The first-order valence-corrected chi connectivity index (χ1v) is 6.34. The Bertz CT molecular complexity index is 809. The van der Waals surface area contributed by atoms with Gasteiger partial charge >= 0.3 is 0 Å². The van der Waals surface area contributed by atoms with Gasteiger partial charge in [0, 0.05) is 19.3 Å². The van der Waals surface area contributed by atoms with Crippen LogP contribution in [0.3, 0.4) is 0 Å². The fourth-order valence-electron chi connectivity index (χ4n) is 1.97. The molecule has 21 heavy (non-hydrogen) atoms. The van der Waals surface area contributed by atoms with Gasteiger partial charge in [0.05, 0.1) is 22.4 Å². The predicted molar refractivity (Wildman–Crippen MR) is 78.5 cm³/mol. The number of imidazole rings is 1. The summed E-state index contributed by atoms with van der Waals surface area (Å²) in [6, 6.07) is 6.25. The lowest BCUT2D eigenvalue weighted by Gasteiger charge is -2.03. The van der Waals surface area contributed by atoms with Gasteiger partial charge in [-0.3, -0.25) is 0 Å². The Balaban J connectivity index is 1.90. The van der Waals surface area contributed by atoms with Crippen LogP contribution in [0, 0.1) is 5.82 Å². The van der Waals surface area contributed by atoms with Gasteiger partial charge in [0.1, 0.15) is 12.1 Å². The monoisotopic (exact) mass is 284 g/mol. The predicted octanol–water partition coefficient (Wildman–Crippen LogP) is 2.34. The number of hydrogen-bond acceptors (Lipinski definition) is 5. The SMILES string of the molecule is C/C(=N\Nc1nc2cc(F)ccc2n1C)c1ccncn1. The topological polar surface area (TPSA) is 68.0 Å². The molecular formula is C14H13FN6. The number of hydrazone groups is 1. The summed E-state index contributed by atoms with van der Waals surface area (Å²) in [5, 5.41) is 4.24. The first-order chi connectivity index (χ1) is 10.1. The Hall–Kier alpha value is -2.83. The molecule has 0 aliphatic rings. The van der Waals surface area contributed by atoms with E-state index < -0.39 is 0 Å². The van der Waals surface area contributed by atoms with Gasteiger partial charge in [-0.25, -0.2) is 24.8 Å².